The molecule has 0 N–H and O–H groups in total. The fraction of sp³-hybridized carbons (Fsp3) is 0.350. The van der Waals surface area contributed by atoms with Gasteiger partial charge in [0.15, 0.2) is 6.29 Å². The first-order chi connectivity index (χ1) is 12.0. The van der Waals surface area contributed by atoms with E-state index in [0.717, 1.165) is 22.0 Å². The molecule has 2 aromatic rings. The van der Waals surface area contributed by atoms with Crippen LogP contribution in [0.4, 0.5) is 10.5 Å². The molecule has 1 atom stereocenters. The third-order valence-corrected chi connectivity index (χ3v) is 4.13. The zero-order valence-corrected chi connectivity index (χ0v) is 15.2. The lowest BCUT2D eigenvalue weighted by Crippen LogP contribution is -2.47. The second kappa shape index (κ2) is 8.65. The molecule has 0 fully saturated rings. The molecule has 0 aliphatic carbocycles. The molecule has 0 radical (unpaired) electrons. The highest BCUT2D eigenvalue weighted by atomic mass is 16.7. The van der Waals surface area contributed by atoms with Crippen LogP contribution in [0, 0.1) is 6.92 Å². The topological polar surface area (TPSA) is 48.0 Å². The molecular formula is C20H25NO4. The molecule has 0 aliphatic rings. The molecule has 0 saturated carbocycles. The predicted octanol–water partition coefficient (Wildman–Crippen LogP) is 4.28. The van der Waals surface area contributed by atoms with Crippen molar-refractivity contribution >= 4 is 22.6 Å². The number of amides is 1. The molecule has 2 aromatic carbocycles. The van der Waals surface area contributed by atoms with Crippen LogP contribution >= 0.6 is 0 Å². The number of aryl methyl sites for hydroxylation is 1. The normalized spacial score (nSPS) is 12.2. The molecule has 5 nitrogen and oxygen atoms in total. The van der Waals surface area contributed by atoms with Crippen molar-refractivity contribution in [2.24, 2.45) is 0 Å². The van der Waals surface area contributed by atoms with E-state index >= 15 is 0 Å². The van der Waals surface area contributed by atoms with Crippen LogP contribution in [0.15, 0.2) is 49.1 Å². The Kier molecular flexibility index (Phi) is 6.56. The highest BCUT2D eigenvalue weighted by Gasteiger charge is 2.32. The molecule has 1 unspecified atom stereocenters. The van der Waals surface area contributed by atoms with Crippen LogP contribution in [-0.4, -0.2) is 39.3 Å². The lowest BCUT2D eigenvalue weighted by Gasteiger charge is -2.34. The number of carbonyl (C=O) groups excluding carboxylic acids is 1. The van der Waals surface area contributed by atoms with E-state index < -0.39 is 18.4 Å². The van der Waals surface area contributed by atoms with E-state index in [1.54, 1.807) is 25.2 Å². The number of hydrogen-bond donors (Lipinski definition) is 0. The molecule has 0 bridgehead atoms. The fourth-order valence-corrected chi connectivity index (χ4v) is 2.96. The van der Waals surface area contributed by atoms with E-state index in [0.29, 0.717) is 0 Å². The molecule has 25 heavy (non-hydrogen) atoms. The fourth-order valence-electron chi connectivity index (χ4n) is 2.96. The zero-order valence-electron chi connectivity index (χ0n) is 15.2. The SMILES string of the molecule is C=CCOC(=O)N(c1c(C)ccc2ccccc12)C(C)C(OC)OC. The van der Waals surface area contributed by atoms with Crippen molar-refractivity contribution in [2.45, 2.75) is 26.2 Å². The number of benzene rings is 2. The third-order valence-electron chi connectivity index (χ3n) is 4.13. The van der Waals surface area contributed by atoms with Crippen molar-refractivity contribution in [3.05, 3.63) is 54.6 Å². The Morgan fingerprint density at radius 2 is 1.88 bits per heavy atom. The van der Waals surface area contributed by atoms with Crippen molar-refractivity contribution in [1.29, 1.82) is 0 Å². The predicted molar refractivity (Wildman–Crippen MR) is 100.0 cm³/mol. The van der Waals surface area contributed by atoms with E-state index in [2.05, 4.69) is 6.58 Å². The van der Waals surface area contributed by atoms with Crippen LogP contribution < -0.4 is 4.90 Å². The minimum absolute atomic E-state index is 0.135. The van der Waals surface area contributed by atoms with E-state index in [-0.39, 0.29) is 6.61 Å². The monoisotopic (exact) mass is 343 g/mol. The summed E-state index contributed by atoms with van der Waals surface area (Å²) in [5.74, 6) is 0. The Morgan fingerprint density at radius 3 is 2.52 bits per heavy atom. The summed E-state index contributed by atoms with van der Waals surface area (Å²) in [7, 11) is 3.10. The van der Waals surface area contributed by atoms with Crippen LogP contribution in [0.2, 0.25) is 0 Å². The Balaban J connectivity index is 2.61. The van der Waals surface area contributed by atoms with Gasteiger partial charge in [-0.1, -0.05) is 49.1 Å². The second-order valence-electron chi connectivity index (χ2n) is 5.77. The van der Waals surface area contributed by atoms with Crippen molar-refractivity contribution in [1.82, 2.24) is 0 Å². The lowest BCUT2D eigenvalue weighted by molar-refractivity contribution is -0.113. The number of hydrogen-bond acceptors (Lipinski definition) is 4. The Hall–Kier alpha value is -2.37. The Morgan fingerprint density at radius 1 is 1.20 bits per heavy atom. The van der Waals surface area contributed by atoms with Gasteiger partial charge in [-0.25, -0.2) is 4.79 Å². The average Bonchev–Trinajstić information content (AvgIpc) is 2.63. The standard InChI is InChI=1S/C20H25NO4/c1-6-13-25-20(22)21(15(3)19(23-4)24-5)18-14(2)11-12-16-9-7-8-10-17(16)18/h6-12,15,19H,1,13H2,2-5H3. The van der Waals surface area contributed by atoms with Crippen LogP contribution in [0.5, 0.6) is 0 Å². The summed E-state index contributed by atoms with van der Waals surface area (Å²) in [5, 5.41) is 2.01. The summed E-state index contributed by atoms with van der Waals surface area (Å²) < 4.78 is 16.1. The lowest BCUT2D eigenvalue weighted by atomic mass is 10.0. The van der Waals surface area contributed by atoms with Crippen molar-refractivity contribution in [3.8, 4) is 0 Å². The Labute approximate surface area is 148 Å². The van der Waals surface area contributed by atoms with Gasteiger partial charge in [0.05, 0.1) is 11.7 Å². The highest BCUT2D eigenvalue weighted by molar-refractivity contribution is 6.03. The average molecular weight is 343 g/mol. The molecule has 134 valence electrons. The van der Waals surface area contributed by atoms with Gasteiger partial charge in [0.1, 0.15) is 6.61 Å². The second-order valence-corrected chi connectivity index (χ2v) is 5.77. The minimum atomic E-state index is -0.588. The molecule has 0 aromatic heterocycles. The van der Waals surface area contributed by atoms with Crippen molar-refractivity contribution < 1.29 is 19.0 Å². The summed E-state index contributed by atoms with van der Waals surface area (Å²) in [6.45, 7) is 7.57. The number of carbonyl (C=O) groups is 1. The third kappa shape index (κ3) is 4.00. The van der Waals surface area contributed by atoms with Gasteiger partial charge in [-0.05, 0) is 24.8 Å². The van der Waals surface area contributed by atoms with Gasteiger partial charge in [0, 0.05) is 19.6 Å². The summed E-state index contributed by atoms with van der Waals surface area (Å²) in [6.07, 6.45) is 0.487. The first-order valence-electron chi connectivity index (χ1n) is 8.16. The summed E-state index contributed by atoms with van der Waals surface area (Å²) in [5.41, 5.74) is 1.76. The zero-order chi connectivity index (χ0) is 18.4. The Bertz CT molecular complexity index is 740. The van der Waals surface area contributed by atoms with E-state index in [1.807, 2.05) is 50.2 Å². The van der Waals surface area contributed by atoms with Gasteiger partial charge in [-0.2, -0.15) is 0 Å². The molecule has 0 aliphatic heterocycles. The molecule has 5 heteroatoms. The molecule has 2 rings (SSSR count). The number of anilines is 1. The molecule has 0 saturated heterocycles. The molecule has 0 spiro atoms. The minimum Gasteiger partial charge on any atom is -0.445 e. The van der Waals surface area contributed by atoms with Gasteiger partial charge in [-0.15, -0.1) is 0 Å². The highest BCUT2D eigenvalue weighted by Crippen LogP contribution is 2.33. The summed E-state index contributed by atoms with van der Waals surface area (Å²) in [6, 6.07) is 11.6. The number of methoxy groups -OCH3 is 2. The number of ether oxygens (including phenoxy) is 3. The summed E-state index contributed by atoms with van der Waals surface area (Å²) in [4.78, 5) is 14.4. The number of rotatable bonds is 7. The van der Waals surface area contributed by atoms with E-state index in [4.69, 9.17) is 14.2 Å². The van der Waals surface area contributed by atoms with Crippen LogP contribution in [-0.2, 0) is 14.2 Å². The number of fused-ring (bicyclic) bond motifs is 1. The molecular weight excluding hydrogens is 318 g/mol. The maximum atomic E-state index is 12.8. The van der Waals surface area contributed by atoms with E-state index in [9.17, 15) is 4.79 Å². The first-order valence-corrected chi connectivity index (χ1v) is 8.16. The number of nitrogens with zero attached hydrogens (tertiary/aromatic N) is 1. The van der Waals surface area contributed by atoms with Crippen LogP contribution in [0.25, 0.3) is 10.8 Å². The van der Waals surface area contributed by atoms with Crippen molar-refractivity contribution in [2.75, 3.05) is 25.7 Å². The van der Waals surface area contributed by atoms with Gasteiger partial charge in [0.2, 0.25) is 0 Å². The van der Waals surface area contributed by atoms with Crippen LogP contribution in [0.1, 0.15) is 12.5 Å². The first kappa shape index (κ1) is 19.0. The van der Waals surface area contributed by atoms with Gasteiger partial charge in [0.25, 0.3) is 0 Å². The molecule has 0 heterocycles. The van der Waals surface area contributed by atoms with E-state index in [1.165, 1.54) is 0 Å². The maximum absolute atomic E-state index is 12.8. The molecule has 1 amide bonds. The summed E-state index contributed by atoms with van der Waals surface area (Å²) >= 11 is 0. The largest absolute Gasteiger partial charge is 0.445 e. The van der Waals surface area contributed by atoms with Gasteiger partial charge in [-0.3, -0.25) is 4.90 Å². The maximum Gasteiger partial charge on any atom is 0.415 e. The van der Waals surface area contributed by atoms with Gasteiger partial charge < -0.3 is 14.2 Å². The van der Waals surface area contributed by atoms with Crippen LogP contribution in [0.3, 0.4) is 0 Å². The quantitative estimate of drug-likeness (QED) is 0.556. The van der Waals surface area contributed by atoms with Gasteiger partial charge >= 0.3 is 6.09 Å². The smallest absolute Gasteiger partial charge is 0.415 e. The van der Waals surface area contributed by atoms with Crippen molar-refractivity contribution in [3.63, 3.8) is 0 Å².